The van der Waals surface area contributed by atoms with Crippen LogP contribution in [-0.2, 0) is 17.8 Å². The summed E-state index contributed by atoms with van der Waals surface area (Å²) in [6, 6.07) is 16.1. The Morgan fingerprint density at radius 3 is 2.45 bits per heavy atom. The first-order valence-corrected chi connectivity index (χ1v) is 11.4. The van der Waals surface area contributed by atoms with Crippen LogP contribution < -0.4 is 16.0 Å². The van der Waals surface area contributed by atoms with Crippen molar-refractivity contribution < 1.29 is 9.53 Å². The quantitative estimate of drug-likeness (QED) is 0.189. The van der Waals surface area contributed by atoms with Crippen molar-refractivity contribution in [1.82, 2.24) is 20.9 Å². The first-order valence-electron chi connectivity index (χ1n) is 11.4. The highest BCUT2D eigenvalue weighted by Crippen LogP contribution is 2.14. The zero-order valence-corrected chi connectivity index (χ0v) is 21.9. The summed E-state index contributed by atoms with van der Waals surface area (Å²) < 4.78 is 5.46. The zero-order chi connectivity index (χ0) is 22.6. The maximum atomic E-state index is 12.3. The number of morpholine rings is 1. The molecule has 7 nitrogen and oxygen atoms in total. The van der Waals surface area contributed by atoms with Gasteiger partial charge in [-0.2, -0.15) is 0 Å². The molecule has 0 radical (unpaired) electrons. The number of hydrogen-bond donors (Lipinski definition) is 3. The van der Waals surface area contributed by atoms with E-state index in [0.29, 0.717) is 25.2 Å². The Morgan fingerprint density at radius 2 is 1.73 bits per heavy atom. The third-order valence-corrected chi connectivity index (χ3v) is 5.35. The molecule has 3 rings (SSSR count). The van der Waals surface area contributed by atoms with Crippen LogP contribution in [0.3, 0.4) is 0 Å². The molecule has 0 saturated carbocycles. The molecule has 0 aromatic heterocycles. The molecule has 0 atom stereocenters. The lowest BCUT2D eigenvalue weighted by Crippen LogP contribution is -2.41. The fraction of sp³-hybridized carbons (Fsp3) is 0.440. The summed E-state index contributed by atoms with van der Waals surface area (Å²) in [5.74, 6) is 0.688. The highest BCUT2D eigenvalue weighted by molar-refractivity contribution is 14.0. The molecule has 1 aliphatic rings. The standard InChI is InChI=1S/C25H35N5O2.HI/c1-3-26-25(28-12-11-27-24(31)21-10-6-7-20(2)17-21)29-18-22-8-4-5-9-23(22)19-30-13-15-32-16-14-30;/h4-10,17H,3,11-16,18-19H2,1-2H3,(H,27,31)(H2,26,28,29);1H. The molecule has 0 bridgehead atoms. The molecule has 3 N–H and O–H groups in total. The number of amides is 1. The normalized spacial score (nSPS) is 14.3. The average Bonchev–Trinajstić information content (AvgIpc) is 2.81. The number of nitrogens with zero attached hydrogens (tertiary/aromatic N) is 2. The van der Waals surface area contributed by atoms with Crippen molar-refractivity contribution in [2.45, 2.75) is 26.9 Å². The van der Waals surface area contributed by atoms with Gasteiger partial charge in [0.2, 0.25) is 0 Å². The fourth-order valence-electron chi connectivity index (χ4n) is 3.62. The molecule has 2 aromatic rings. The van der Waals surface area contributed by atoms with Gasteiger partial charge in [0.1, 0.15) is 0 Å². The first-order chi connectivity index (χ1) is 15.7. The van der Waals surface area contributed by atoms with Crippen LogP contribution in [0.2, 0.25) is 0 Å². The van der Waals surface area contributed by atoms with Crippen molar-refractivity contribution in [3.8, 4) is 0 Å². The van der Waals surface area contributed by atoms with E-state index < -0.39 is 0 Å². The Hall–Kier alpha value is -2.17. The Kier molecular flexibility index (Phi) is 12.2. The number of benzene rings is 2. The number of aryl methyl sites for hydroxylation is 1. The van der Waals surface area contributed by atoms with Gasteiger partial charge in [-0.25, -0.2) is 4.99 Å². The van der Waals surface area contributed by atoms with E-state index in [9.17, 15) is 4.79 Å². The maximum Gasteiger partial charge on any atom is 0.251 e. The molecule has 0 aliphatic carbocycles. The van der Waals surface area contributed by atoms with Crippen LogP contribution >= 0.6 is 24.0 Å². The minimum Gasteiger partial charge on any atom is -0.379 e. The number of ether oxygens (including phenoxy) is 1. The highest BCUT2D eigenvalue weighted by Gasteiger charge is 2.12. The summed E-state index contributed by atoms with van der Waals surface area (Å²) in [7, 11) is 0. The second-order valence-corrected chi connectivity index (χ2v) is 7.90. The van der Waals surface area contributed by atoms with Crippen LogP contribution in [0.4, 0.5) is 0 Å². The van der Waals surface area contributed by atoms with E-state index in [1.807, 2.05) is 38.1 Å². The number of guanidine groups is 1. The molecule has 1 amide bonds. The van der Waals surface area contributed by atoms with E-state index in [1.165, 1.54) is 11.1 Å². The van der Waals surface area contributed by atoms with Gasteiger partial charge in [0.05, 0.1) is 19.8 Å². The van der Waals surface area contributed by atoms with E-state index >= 15 is 0 Å². The highest BCUT2D eigenvalue weighted by atomic mass is 127. The summed E-state index contributed by atoms with van der Waals surface area (Å²) in [5.41, 5.74) is 4.29. The average molecular weight is 566 g/mol. The van der Waals surface area contributed by atoms with E-state index in [-0.39, 0.29) is 29.9 Å². The summed E-state index contributed by atoms with van der Waals surface area (Å²) in [4.78, 5) is 19.5. The maximum absolute atomic E-state index is 12.3. The van der Waals surface area contributed by atoms with Crippen molar-refractivity contribution in [3.05, 3.63) is 70.8 Å². The number of hydrogen-bond acceptors (Lipinski definition) is 4. The van der Waals surface area contributed by atoms with Gasteiger partial charge in [0, 0.05) is 44.8 Å². The fourth-order valence-corrected chi connectivity index (χ4v) is 3.62. The van der Waals surface area contributed by atoms with Crippen LogP contribution in [0, 0.1) is 6.92 Å². The van der Waals surface area contributed by atoms with Crippen molar-refractivity contribution in [1.29, 1.82) is 0 Å². The molecule has 0 spiro atoms. The monoisotopic (exact) mass is 565 g/mol. The summed E-state index contributed by atoms with van der Waals surface area (Å²) in [6.07, 6.45) is 0. The zero-order valence-electron chi connectivity index (χ0n) is 19.6. The SMILES string of the molecule is CCNC(=NCc1ccccc1CN1CCOCC1)NCCNC(=O)c1cccc(C)c1.I. The van der Waals surface area contributed by atoms with Gasteiger partial charge >= 0.3 is 0 Å². The van der Waals surface area contributed by atoms with Crippen LogP contribution in [0.15, 0.2) is 53.5 Å². The Bertz CT molecular complexity index is 900. The summed E-state index contributed by atoms with van der Waals surface area (Å²) in [6.45, 7) is 11.0. The third-order valence-electron chi connectivity index (χ3n) is 5.35. The molecule has 1 heterocycles. The number of rotatable bonds is 9. The van der Waals surface area contributed by atoms with Crippen LogP contribution in [0.25, 0.3) is 0 Å². The van der Waals surface area contributed by atoms with Crippen molar-refractivity contribution in [2.24, 2.45) is 4.99 Å². The topological polar surface area (TPSA) is 78.0 Å². The molecule has 1 aliphatic heterocycles. The summed E-state index contributed by atoms with van der Waals surface area (Å²) in [5, 5.41) is 9.54. The molecule has 8 heteroatoms. The number of aliphatic imine (C=N–C) groups is 1. The van der Waals surface area contributed by atoms with Gasteiger partial charge in [0.25, 0.3) is 5.91 Å². The number of nitrogens with one attached hydrogen (secondary N) is 3. The molecular weight excluding hydrogens is 529 g/mol. The van der Waals surface area contributed by atoms with Gasteiger partial charge < -0.3 is 20.7 Å². The minimum absolute atomic E-state index is 0. The predicted octanol–water partition coefficient (Wildman–Crippen LogP) is 2.93. The van der Waals surface area contributed by atoms with Crippen molar-refractivity contribution >= 4 is 35.8 Å². The molecule has 2 aromatic carbocycles. The Balaban J connectivity index is 0.00000385. The molecule has 0 unspecified atom stereocenters. The summed E-state index contributed by atoms with van der Waals surface area (Å²) >= 11 is 0. The minimum atomic E-state index is -0.0607. The van der Waals surface area contributed by atoms with Gasteiger partial charge in [-0.05, 0) is 37.1 Å². The lowest BCUT2D eigenvalue weighted by molar-refractivity contribution is 0.0341. The van der Waals surface area contributed by atoms with Crippen LogP contribution in [0.1, 0.15) is 34.0 Å². The second-order valence-electron chi connectivity index (χ2n) is 7.90. The molecule has 33 heavy (non-hydrogen) atoms. The largest absolute Gasteiger partial charge is 0.379 e. The molecular formula is C25H36IN5O2. The molecule has 1 fully saturated rings. The lowest BCUT2D eigenvalue weighted by atomic mass is 10.1. The van der Waals surface area contributed by atoms with E-state index in [2.05, 4.69) is 45.1 Å². The Labute approximate surface area is 214 Å². The first kappa shape index (κ1) is 27.1. The van der Waals surface area contributed by atoms with Crippen LogP contribution in [0.5, 0.6) is 0 Å². The van der Waals surface area contributed by atoms with E-state index in [0.717, 1.165) is 50.9 Å². The Morgan fingerprint density at radius 1 is 1.00 bits per heavy atom. The molecule has 1 saturated heterocycles. The smallest absolute Gasteiger partial charge is 0.251 e. The van der Waals surface area contributed by atoms with Gasteiger partial charge in [-0.3, -0.25) is 9.69 Å². The third kappa shape index (κ3) is 9.30. The lowest BCUT2D eigenvalue weighted by Gasteiger charge is -2.27. The van der Waals surface area contributed by atoms with Gasteiger partial charge in [-0.1, -0.05) is 42.0 Å². The van der Waals surface area contributed by atoms with Gasteiger partial charge in [0.15, 0.2) is 5.96 Å². The second kappa shape index (κ2) is 14.9. The molecule has 180 valence electrons. The van der Waals surface area contributed by atoms with Crippen molar-refractivity contribution in [2.75, 3.05) is 45.9 Å². The number of carbonyl (C=O) groups excluding carboxylic acids is 1. The number of halogens is 1. The van der Waals surface area contributed by atoms with E-state index in [1.54, 1.807) is 0 Å². The van der Waals surface area contributed by atoms with Crippen LogP contribution in [-0.4, -0.2) is 62.7 Å². The van der Waals surface area contributed by atoms with E-state index in [4.69, 9.17) is 9.73 Å². The van der Waals surface area contributed by atoms with Crippen molar-refractivity contribution in [3.63, 3.8) is 0 Å². The predicted molar refractivity (Wildman–Crippen MR) is 144 cm³/mol. The van der Waals surface area contributed by atoms with Gasteiger partial charge in [-0.15, -0.1) is 24.0 Å². The number of carbonyl (C=O) groups is 1.